The highest BCUT2D eigenvalue weighted by Crippen LogP contribution is 2.52. The van der Waals surface area contributed by atoms with Gasteiger partial charge in [0.25, 0.3) is 0 Å². The summed E-state index contributed by atoms with van der Waals surface area (Å²) in [5.74, 6) is -3.43. The minimum atomic E-state index is -3.72. The molecule has 0 saturated carbocycles. The van der Waals surface area contributed by atoms with Crippen molar-refractivity contribution in [3.63, 3.8) is 0 Å². The second kappa shape index (κ2) is 13.4. The number of aliphatic hydroxyl groups is 1. The Hall–Kier alpha value is -3.17. The third-order valence-electron chi connectivity index (χ3n) is 7.50. The van der Waals surface area contributed by atoms with Crippen molar-refractivity contribution in [2.24, 2.45) is 5.41 Å². The number of alkyl halides is 2. The minimum absolute atomic E-state index is 0.0449. The van der Waals surface area contributed by atoms with E-state index in [1.807, 2.05) is 51.1 Å². The number of hydrogen-bond donors (Lipinski definition) is 4. The van der Waals surface area contributed by atoms with Crippen LogP contribution in [0.4, 0.5) is 16.2 Å². The lowest BCUT2D eigenvalue weighted by molar-refractivity contribution is -0.203. The van der Waals surface area contributed by atoms with Crippen LogP contribution in [0.25, 0.3) is 21.9 Å². The van der Waals surface area contributed by atoms with Crippen LogP contribution in [0.3, 0.4) is 0 Å². The molecule has 5 N–H and O–H groups in total. The first-order chi connectivity index (χ1) is 22.1. The maximum Gasteiger partial charge on any atom is 0.323 e. The van der Waals surface area contributed by atoms with Crippen LogP contribution in [0.2, 0.25) is 0 Å². The highest BCUT2D eigenvalue weighted by atomic mass is 35.5. The van der Waals surface area contributed by atoms with E-state index in [0.29, 0.717) is 17.1 Å². The van der Waals surface area contributed by atoms with E-state index in [0.717, 1.165) is 10.8 Å². The van der Waals surface area contributed by atoms with E-state index < -0.39 is 55.2 Å². The number of halogens is 2. The first-order valence-electron chi connectivity index (χ1n) is 14.8. The van der Waals surface area contributed by atoms with Crippen LogP contribution in [0.5, 0.6) is 5.75 Å². The second-order valence-corrected chi connectivity index (χ2v) is 15.9. The molecule has 5 rings (SSSR count). The zero-order valence-corrected chi connectivity index (χ0v) is 29.0. The topological polar surface area (TPSA) is 168 Å². The quantitative estimate of drug-likeness (QED) is 0.0878. The van der Waals surface area contributed by atoms with Crippen LogP contribution in [-0.4, -0.2) is 74.2 Å². The van der Waals surface area contributed by atoms with Gasteiger partial charge in [0, 0.05) is 12.4 Å². The Morgan fingerprint density at radius 3 is 2.72 bits per heavy atom. The number of rotatable bonds is 12. The number of aromatic nitrogens is 4. The monoisotopic (exact) mass is 709 g/mol. The van der Waals surface area contributed by atoms with Crippen molar-refractivity contribution in [3.05, 3.63) is 48.8 Å². The molecular formula is C30H38ClFN7O6PS. The van der Waals surface area contributed by atoms with Gasteiger partial charge in [-0.2, -0.15) is 9.97 Å². The van der Waals surface area contributed by atoms with E-state index in [-0.39, 0.29) is 23.6 Å². The van der Waals surface area contributed by atoms with Crippen molar-refractivity contribution in [2.45, 2.75) is 57.8 Å². The van der Waals surface area contributed by atoms with Gasteiger partial charge >= 0.3 is 12.6 Å². The normalized spacial score (nSPS) is 23.4. The van der Waals surface area contributed by atoms with Gasteiger partial charge in [0.1, 0.15) is 18.0 Å². The standard InChI is InChI=1S/C30H38ClFN7O6PS/c1-18(26(40)42-15-28(2,3)4)38-46(47,45-21-12-8-10-19-9-6-7-11-20(19)21)43-16-29(14-31)30(32,41)13-22(44-29)39-17-35-23-24(34-5)36-27(33)37-25(23)39/h6-12,17-18,22,41H,13-16H2,1-5H3,(H,38,47)(H3,33,34,36,37)/t18-,22+,29+,30-,46-/m0/s1. The number of benzene rings is 2. The fourth-order valence-electron chi connectivity index (χ4n) is 4.99. The Balaban J connectivity index is 1.44. The predicted molar refractivity (Wildman–Crippen MR) is 181 cm³/mol. The molecule has 2 aromatic heterocycles. The Morgan fingerprint density at radius 2 is 2.02 bits per heavy atom. The van der Waals surface area contributed by atoms with Crippen molar-refractivity contribution in [1.82, 2.24) is 24.6 Å². The first-order valence-corrected chi connectivity index (χ1v) is 18.0. The summed E-state index contributed by atoms with van der Waals surface area (Å²) in [6.07, 6.45) is -0.289. The fraction of sp³-hybridized carbons (Fsp3) is 0.467. The number of nitrogens with zero attached hydrogens (tertiary/aromatic N) is 4. The van der Waals surface area contributed by atoms with Crippen molar-refractivity contribution < 1.29 is 32.8 Å². The smallest absolute Gasteiger partial charge is 0.323 e. The van der Waals surface area contributed by atoms with Crippen LogP contribution in [0.15, 0.2) is 48.8 Å². The molecule has 13 nitrogen and oxygen atoms in total. The van der Waals surface area contributed by atoms with Crippen LogP contribution in [-0.2, 0) is 30.6 Å². The van der Waals surface area contributed by atoms with E-state index in [9.17, 15) is 9.90 Å². The molecule has 0 amide bonds. The number of nitrogen functional groups attached to an aromatic ring is 1. The second-order valence-electron chi connectivity index (χ2n) is 12.5. The summed E-state index contributed by atoms with van der Waals surface area (Å²) in [5.41, 5.74) is 4.11. The Labute approximate surface area is 281 Å². The zero-order valence-electron chi connectivity index (χ0n) is 26.6. The summed E-state index contributed by atoms with van der Waals surface area (Å²) in [6, 6.07) is 11.9. The average molecular weight is 710 g/mol. The van der Waals surface area contributed by atoms with E-state index in [4.69, 9.17) is 47.7 Å². The summed E-state index contributed by atoms with van der Waals surface area (Å²) in [4.78, 5) is 25.6. The van der Waals surface area contributed by atoms with Gasteiger partial charge in [-0.05, 0) is 35.6 Å². The van der Waals surface area contributed by atoms with Gasteiger partial charge in [0.05, 0.1) is 31.8 Å². The molecule has 0 bridgehead atoms. The van der Waals surface area contributed by atoms with Crippen LogP contribution in [0, 0.1) is 5.41 Å². The number of anilines is 2. The number of fused-ring (bicyclic) bond motifs is 2. The Bertz CT molecular complexity index is 1820. The lowest BCUT2D eigenvalue weighted by Crippen LogP contribution is -2.53. The first kappa shape index (κ1) is 35.1. The summed E-state index contributed by atoms with van der Waals surface area (Å²) >= 11 is 12.2. The van der Waals surface area contributed by atoms with Gasteiger partial charge in [-0.15, -0.1) is 11.6 Å². The van der Waals surface area contributed by atoms with Gasteiger partial charge < -0.3 is 34.7 Å². The summed E-state index contributed by atoms with van der Waals surface area (Å²) < 4.78 is 41.8. The van der Waals surface area contributed by atoms with E-state index in [1.54, 1.807) is 26.1 Å². The van der Waals surface area contributed by atoms with Crippen LogP contribution >= 0.6 is 18.2 Å². The molecule has 0 radical (unpaired) electrons. The minimum Gasteiger partial charge on any atom is -0.464 e. The molecule has 0 unspecified atom stereocenters. The predicted octanol–water partition coefficient (Wildman–Crippen LogP) is 5.05. The number of nitrogens with one attached hydrogen (secondary N) is 2. The molecule has 1 aliphatic rings. The number of esters is 1. The molecule has 5 atom stereocenters. The van der Waals surface area contributed by atoms with E-state index in [2.05, 4.69) is 25.4 Å². The molecule has 2 aromatic carbocycles. The molecule has 3 heterocycles. The molecule has 0 spiro atoms. The lowest BCUT2D eigenvalue weighted by Gasteiger charge is -2.35. The number of carbonyl (C=O) groups is 1. The molecule has 0 aliphatic carbocycles. The summed E-state index contributed by atoms with van der Waals surface area (Å²) in [5, 5.41) is 18.6. The number of nitrogens with two attached hydrogens (primary N) is 1. The molecule has 4 aromatic rings. The molecular weight excluding hydrogens is 672 g/mol. The van der Waals surface area contributed by atoms with Crippen LogP contribution < -0.4 is 20.7 Å². The van der Waals surface area contributed by atoms with Gasteiger partial charge in [-0.1, -0.05) is 57.2 Å². The third-order valence-corrected chi connectivity index (χ3v) is 10.4. The van der Waals surface area contributed by atoms with Crippen molar-refractivity contribution in [2.75, 3.05) is 37.2 Å². The molecule has 47 heavy (non-hydrogen) atoms. The van der Waals surface area contributed by atoms with Gasteiger partial charge in [0.2, 0.25) is 11.8 Å². The fourth-order valence-corrected chi connectivity index (χ4v) is 7.76. The maximum absolute atomic E-state index is 16.2. The molecule has 1 fully saturated rings. The third kappa shape index (κ3) is 7.46. The summed E-state index contributed by atoms with van der Waals surface area (Å²) in [7, 11) is 1.64. The SMILES string of the molecule is CNc1nc(N)nc2c1ncn2[C@H]1C[C@@](O)(F)[C@@](CCl)(CO[P@@](=S)(N[C@@H](C)C(=O)OCC(C)(C)C)Oc2cccc3ccccc23)O1. The molecule has 17 heteroatoms. The number of imidazole rings is 1. The van der Waals surface area contributed by atoms with Crippen molar-refractivity contribution in [1.29, 1.82) is 0 Å². The maximum atomic E-state index is 16.2. The number of carbonyl (C=O) groups excluding carboxylic acids is 1. The van der Waals surface area contributed by atoms with Crippen molar-refractivity contribution >= 4 is 69.7 Å². The zero-order chi connectivity index (χ0) is 34.2. The molecule has 1 saturated heterocycles. The molecule has 254 valence electrons. The Kier molecular flexibility index (Phi) is 10.0. The Morgan fingerprint density at radius 1 is 1.30 bits per heavy atom. The summed E-state index contributed by atoms with van der Waals surface area (Å²) in [6.45, 7) is 3.16. The van der Waals surface area contributed by atoms with Crippen molar-refractivity contribution in [3.8, 4) is 5.75 Å². The number of ether oxygens (including phenoxy) is 2. The van der Waals surface area contributed by atoms with Gasteiger partial charge in [0.15, 0.2) is 22.6 Å². The average Bonchev–Trinajstić information content (AvgIpc) is 3.55. The highest BCUT2D eigenvalue weighted by molar-refractivity contribution is 8.09. The van der Waals surface area contributed by atoms with Gasteiger partial charge in [-0.25, -0.2) is 14.5 Å². The van der Waals surface area contributed by atoms with Gasteiger partial charge in [-0.3, -0.25) is 9.36 Å². The highest BCUT2D eigenvalue weighted by Gasteiger charge is 2.61. The molecule has 1 aliphatic heterocycles. The largest absolute Gasteiger partial charge is 0.464 e. The number of hydrogen-bond acceptors (Lipinski definition) is 12. The van der Waals surface area contributed by atoms with E-state index in [1.165, 1.54) is 10.9 Å². The lowest BCUT2D eigenvalue weighted by atomic mass is 9.97. The van der Waals surface area contributed by atoms with Crippen LogP contribution in [0.1, 0.15) is 40.3 Å². The van der Waals surface area contributed by atoms with E-state index >= 15 is 4.39 Å².